The van der Waals surface area contributed by atoms with E-state index < -0.39 is 0 Å². The molecule has 1 heterocycles. The van der Waals surface area contributed by atoms with Crippen molar-refractivity contribution in [1.29, 1.82) is 0 Å². The van der Waals surface area contributed by atoms with Crippen LogP contribution in [-0.2, 0) is 6.42 Å². The van der Waals surface area contributed by atoms with Crippen molar-refractivity contribution in [1.82, 2.24) is 14.9 Å². The Morgan fingerprint density at radius 3 is 2.76 bits per heavy atom. The zero-order valence-electron chi connectivity index (χ0n) is 10.9. The van der Waals surface area contributed by atoms with Crippen LogP contribution in [0.4, 0.5) is 0 Å². The molecule has 0 radical (unpaired) electrons. The van der Waals surface area contributed by atoms with E-state index in [4.69, 9.17) is 0 Å². The number of rotatable bonds is 6. The van der Waals surface area contributed by atoms with Crippen LogP contribution in [0.5, 0.6) is 0 Å². The van der Waals surface area contributed by atoms with Gasteiger partial charge in [0.2, 0.25) is 0 Å². The minimum absolute atomic E-state index is 0.507. The van der Waals surface area contributed by atoms with Crippen LogP contribution in [0.15, 0.2) is 0 Å². The molecular formula is C13H23N3S. The molecule has 96 valence electrons. The fraction of sp³-hybridized carbons (Fsp3) is 0.846. The van der Waals surface area contributed by atoms with E-state index in [1.807, 2.05) is 0 Å². The molecule has 0 amide bonds. The van der Waals surface area contributed by atoms with Crippen LogP contribution in [-0.4, -0.2) is 16.1 Å². The molecule has 2 rings (SSSR count). The lowest BCUT2D eigenvalue weighted by Gasteiger charge is -2.23. The summed E-state index contributed by atoms with van der Waals surface area (Å²) in [4.78, 5) is 1.40. The zero-order valence-corrected chi connectivity index (χ0v) is 11.7. The first-order chi connectivity index (χ1) is 8.36. The Bertz CT molecular complexity index is 331. The topological polar surface area (TPSA) is 37.8 Å². The van der Waals surface area contributed by atoms with Gasteiger partial charge in [-0.15, -0.1) is 5.10 Å². The van der Waals surface area contributed by atoms with Gasteiger partial charge in [-0.2, -0.15) is 0 Å². The quantitative estimate of drug-likeness (QED) is 0.845. The number of hydrogen-bond donors (Lipinski definition) is 1. The van der Waals surface area contributed by atoms with Crippen LogP contribution in [0, 0.1) is 5.92 Å². The van der Waals surface area contributed by atoms with Crippen LogP contribution in [0.2, 0.25) is 0 Å². The summed E-state index contributed by atoms with van der Waals surface area (Å²) in [7, 11) is 0. The SMILES string of the molecule is CCCNC(c1snnc1CC)C1CCCC1. The first-order valence-corrected chi connectivity index (χ1v) is 7.68. The van der Waals surface area contributed by atoms with E-state index in [9.17, 15) is 0 Å². The Hall–Kier alpha value is -0.480. The summed E-state index contributed by atoms with van der Waals surface area (Å²) < 4.78 is 4.15. The van der Waals surface area contributed by atoms with Crippen molar-refractivity contribution in [3.05, 3.63) is 10.6 Å². The molecule has 0 aromatic carbocycles. The Labute approximate surface area is 108 Å². The van der Waals surface area contributed by atoms with Crippen LogP contribution in [0.3, 0.4) is 0 Å². The molecule has 1 fully saturated rings. The monoisotopic (exact) mass is 253 g/mol. The van der Waals surface area contributed by atoms with Gasteiger partial charge in [-0.25, -0.2) is 0 Å². The van der Waals surface area contributed by atoms with Gasteiger partial charge in [-0.1, -0.05) is 31.2 Å². The van der Waals surface area contributed by atoms with Crippen molar-refractivity contribution in [2.24, 2.45) is 5.92 Å². The van der Waals surface area contributed by atoms with Gasteiger partial charge < -0.3 is 5.32 Å². The van der Waals surface area contributed by atoms with Gasteiger partial charge in [0, 0.05) is 6.04 Å². The van der Waals surface area contributed by atoms with E-state index in [1.54, 1.807) is 11.5 Å². The fourth-order valence-electron chi connectivity index (χ4n) is 2.76. The standard InChI is InChI=1S/C13H23N3S/c1-3-9-14-12(10-7-5-6-8-10)13-11(4-2)15-16-17-13/h10,12,14H,3-9H2,1-2H3. The number of nitrogens with zero attached hydrogens (tertiary/aromatic N) is 2. The molecule has 1 aromatic heterocycles. The maximum atomic E-state index is 4.26. The zero-order chi connectivity index (χ0) is 12.1. The third-order valence-corrected chi connectivity index (χ3v) is 4.54. The molecule has 0 bridgehead atoms. The molecule has 1 aromatic rings. The Balaban J connectivity index is 2.13. The minimum Gasteiger partial charge on any atom is -0.309 e. The van der Waals surface area contributed by atoms with Crippen molar-refractivity contribution < 1.29 is 0 Å². The van der Waals surface area contributed by atoms with Crippen LogP contribution >= 0.6 is 11.5 Å². The first-order valence-electron chi connectivity index (χ1n) is 6.91. The van der Waals surface area contributed by atoms with E-state index in [2.05, 4.69) is 28.8 Å². The predicted molar refractivity (Wildman–Crippen MR) is 72.3 cm³/mol. The molecular weight excluding hydrogens is 230 g/mol. The lowest BCUT2D eigenvalue weighted by Crippen LogP contribution is -2.28. The minimum atomic E-state index is 0.507. The smallest absolute Gasteiger partial charge is 0.0801 e. The number of hydrogen-bond acceptors (Lipinski definition) is 4. The van der Waals surface area contributed by atoms with Crippen molar-refractivity contribution in [3.8, 4) is 0 Å². The second kappa shape index (κ2) is 6.45. The average molecular weight is 253 g/mol. The molecule has 1 unspecified atom stereocenters. The molecule has 1 saturated carbocycles. The number of aromatic nitrogens is 2. The molecule has 4 heteroatoms. The maximum absolute atomic E-state index is 4.26. The van der Waals surface area contributed by atoms with Gasteiger partial charge in [0.1, 0.15) is 0 Å². The lowest BCUT2D eigenvalue weighted by atomic mass is 9.95. The van der Waals surface area contributed by atoms with Gasteiger partial charge in [0.25, 0.3) is 0 Å². The molecule has 1 N–H and O–H groups in total. The summed E-state index contributed by atoms with van der Waals surface area (Å²) in [6, 6.07) is 0.507. The summed E-state index contributed by atoms with van der Waals surface area (Å²) in [5.74, 6) is 0.800. The molecule has 1 aliphatic carbocycles. The van der Waals surface area contributed by atoms with Crippen LogP contribution in [0.1, 0.15) is 62.6 Å². The van der Waals surface area contributed by atoms with Crippen molar-refractivity contribution in [3.63, 3.8) is 0 Å². The normalized spacial score (nSPS) is 18.7. The highest BCUT2D eigenvalue weighted by molar-refractivity contribution is 7.05. The molecule has 3 nitrogen and oxygen atoms in total. The van der Waals surface area contributed by atoms with E-state index in [-0.39, 0.29) is 0 Å². The Morgan fingerprint density at radius 1 is 1.35 bits per heavy atom. The lowest BCUT2D eigenvalue weighted by molar-refractivity contribution is 0.371. The molecule has 1 aliphatic rings. The molecule has 0 saturated heterocycles. The van der Waals surface area contributed by atoms with E-state index >= 15 is 0 Å². The largest absolute Gasteiger partial charge is 0.309 e. The van der Waals surface area contributed by atoms with Gasteiger partial charge >= 0.3 is 0 Å². The summed E-state index contributed by atoms with van der Waals surface area (Å²) >= 11 is 1.60. The van der Waals surface area contributed by atoms with Crippen molar-refractivity contribution in [2.75, 3.05) is 6.54 Å². The molecule has 0 aliphatic heterocycles. The highest BCUT2D eigenvalue weighted by Gasteiger charge is 2.29. The van der Waals surface area contributed by atoms with Gasteiger partial charge in [-0.3, -0.25) is 0 Å². The third kappa shape index (κ3) is 3.05. The Morgan fingerprint density at radius 2 is 2.12 bits per heavy atom. The van der Waals surface area contributed by atoms with Gasteiger partial charge in [0.15, 0.2) is 0 Å². The highest BCUT2D eigenvalue weighted by atomic mass is 32.1. The fourth-order valence-corrected chi connectivity index (χ4v) is 3.67. The van der Waals surface area contributed by atoms with E-state index in [0.29, 0.717) is 6.04 Å². The van der Waals surface area contributed by atoms with E-state index in [1.165, 1.54) is 42.7 Å². The third-order valence-electron chi connectivity index (χ3n) is 3.69. The average Bonchev–Trinajstić information content (AvgIpc) is 3.00. The number of nitrogens with one attached hydrogen (secondary N) is 1. The molecule has 17 heavy (non-hydrogen) atoms. The van der Waals surface area contributed by atoms with Crippen LogP contribution in [0.25, 0.3) is 0 Å². The first kappa shape index (κ1) is 13.0. The molecule has 0 spiro atoms. The van der Waals surface area contributed by atoms with E-state index in [0.717, 1.165) is 18.9 Å². The summed E-state index contributed by atoms with van der Waals surface area (Å²) in [6.45, 7) is 5.50. The summed E-state index contributed by atoms with van der Waals surface area (Å²) in [5.41, 5.74) is 1.20. The second-order valence-corrected chi connectivity index (χ2v) is 5.70. The predicted octanol–water partition coefficient (Wildman–Crippen LogP) is 3.33. The van der Waals surface area contributed by atoms with Crippen LogP contribution < -0.4 is 5.32 Å². The number of aryl methyl sites for hydroxylation is 1. The maximum Gasteiger partial charge on any atom is 0.0801 e. The Kier molecular flexibility index (Phi) is 4.92. The van der Waals surface area contributed by atoms with Gasteiger partial charge in [0.05, 0.1) is 10.6 Å². The van der Waals surface area contributed by atoms with Crippen molar-refractivity contribution >= 4 is 11.5 Å². The van der Waals surface area contributed by atoms with Crippen molar-refractivity contribution in [2.45, 2.75) is 58.4 Å². The molecule has 1 atom stereocenters. The summed E-state index contributed by atoms with van der Waals surface area (Å²) in [6.07, 6.45) is 7.70. The highest BCUT2D eigenvalue weighted by Crippen LogP contribution is 2.37. The second-order valence-electron chi connectivity index (χ2n) is 4.91. The van der Waals surface area contributed by atoms with Gasteiger partial charge in [-0.05, 0) is 49.7 Å². The summed E-state index contributed by atoms with van der Waals surface area (Å²) in [5, 5.41) is 7.98.